The Morgan fingerprint density at radius 2 is 1.79 bits per heavy atom. The van der Waals surface area contributed by atoms with E-state index >= 15 is 0 Å². The highest BCUT2D eigenvalue weighted by Gasteiger charge is 2.12. The molecule has 2 aromatic heterocycles. The van der Waals surface area contributed by atoms with Crippen molar-refractivity contribution in [3.63, 3.8) is 0 Å². The Morgan fingerprint density at radius 1 is 0.966 bits per heavy atom. The minimum atomic E-state index is -1.05. The van der Waals surface area contributed by atoms with Gasteiger partial charge in [-0.2, -0.15) is 0 Å². The van der Waals surface area contributed by atoms with E-state index in [-0.39, 0.29) is 0 Å². The van der Waals surface area contributed by atoms with Crippen LogP contribution in [0.3, 0.4) is 0 Å². The van der Waals surface area contributed by atoms with Gasteiger partial charge in [0.25, 0.3) is 0 Å². The lowest BCUT2D eigenvalue weighted by Crippen LogP contribution is -2.06. The Bertz CT molecular complexity index is 1180. The van der Waals surface area contributed by atoms with Gasteiger partial charge in [0.15, 0.2) is 5.82 Å². The number of benzene rings is 2. The van der Waals surface area contributed by atoms with Crippen LogP contribution in [0.4, 0.5) is 5.82 Å². The number of pyridine rings is 1. The van der Waals surface area contributed by atoms with Crippen LogP contribution in [0.2, 0.25) is 0 Å². The molecule has 29 heavy (non-hydrogen) atoms. The van der Waals surface area contributed by atoms with Gasteiger partial charge in [-0.15, -0.1) is 0 Å². The molecule has 0 bridgehead atoms. The van der Waals surface area contributed by atoms with Crippen molar-refractivity contribution < 1.29 is 9.90 Å². The third-order valence-corrected chi connectivity index (χ3v) is 4.36. The number of nitrogens with zero attached hydrogens (tertiary/aromatic N) is 3. The maximum absolute atomic E-state index is 10.9. The number of hydrogen-bond donors (Lipinski definition) is 2. The Morgan fingerprint density at radius 3 is 2.55 bits per heavy atom. The molecule has 0 aliphatic rings. The fraction of sp³-hybridized carbons (Fsp3) is 0.0435. The molecule has 2 N–H and O–H groups in total. The number of fused-ring (bicyclic) bond motifs is 1. The van der Waals surface area contributed by atoms with Gasteiger partial charge < -0.3 is 10.4 Å². The Balaban J connectivity index is 1.84. The van der Waals surface area contributed by atoms with Crippen LogP contribution in [0.5, 0.6) is 0 Å². The van der Waals surface area contributed by atoms with Crippen molar-refractivity contribution in [2.24, 2.45) is 0 Å². The van der Waals surface area contributed by atoms with Crippen LogP contribution in [-0.4, -0.2) is 26.0 Å². The predicted molar refractivity (Wildman–Crippen MR) is 113 cm³/mol. The topological polar surface area (TPSA) is 88.0 Å². The van der Waals surface area contributed by atoms with Gasteiger partial charge in [0.05, 0.1) is 23.1 Å². The van der Waals surface area contributed by atoms with Crippen molar-refractivity contribution in [1.29, 1.82) is 0 Å². The first-order valence-electron chi connectivity index (χ1n) is 9.12. The second-order valence-electron chi connectivity index (χ2n) is 6.34. The summed E-state index contributed by atoms with van der Waals surface area (Å²) in [6.45, 7) is 0.484. The van der Waals surface area contributed by atoms with Crippen LogP contribution in [-0.2, 0) is 11.3 Å². The van der Waals surface area contributed by atoms with E-state index in [2.05, 4.69) is 20.3 Å². The Labute approximate surface area is 167 Å². The van der Waals surface area contributed by atoms with E-state index in [4.69, 9.17) is 5.11 Å². The van der Waals surface area contributed by atoms with E-state index in [1.807, 2.05) is 66.7 Å². The lowest BCUT2D eigenvalue weighted by molar-refractivity contribution is -0.131. The van der Waals surface area contributed by atoms with Crippen molar-refractivity contribution in [3.8, 4) is 11.1 Å². The van der Waals surface area contributed by atoms with Gasteiger partial charge in [-0.3, -0.25) is 4.98 Å². The quantitative estimate of drug-likeness (QED) is 0.481. The number of rotatable bonds is 6. The van der Waals surface area contributed by atoms with Crippen molar-refractivity contribution in [2.45, 2.75) is 6.54 Å². The zero-order chi connectivity index (χ0) is 20.1. The predicted octanol–water partition coefficient (Wildman–Crippen LogP) is 4.40. The van der Waals surface area contributed by atoms with Gasteiger partial charge in [-0.05, 0) is 35.4 Å². The SMILES string of the molecule is O=C(O)/C=C/c1nc(NCc2ccccn2)c2c(-c3ccccc3)cccc2n1. The average Bonchev–Trinajstić information content (AvgIpc) is 2.77. The summed E-state index contributed by atoms with van der Waals surface area (Å²) in [5.41, 5.74) is 3.66. The van der Waals surface area contributed by atoms with Crippen LogP contribution in [0.15, 0.2) is 79.0 Å². The van der Waals surface area contributed by atoms with E-state index in [9.17, 15) is 4.79 Å². The molecule has 0 unspecified atom stereocenters. The third kappa shape index (κ3) is 4.27. The number of hydrogen-bond acceptors (Lipinski definition) is 5. The molecule has 0 amide bonds. The summed E-state index contributed by atoms with van der Waals surface area (Å²) in [6.07, 6.45) is 4.17. The molecule has 4 aromatic rings. The smallest absolute Gasteiger partial charge is 0.328 e. The molecule has 2 heterocycles. The number of aliphatic carboxylic acids is 1. The molecule has 0 saturated heterocycles. The number of aromatic nitrogens is 3. The third-order valence-electron chi connectivity index (χ3n) is 4.36. The second kappa shape index (κ2) is 8.31. The van der Waals surface area contributed by atoms with Gasteiger partial charge in [0.1, 0.15) is 5.82 Å². The minimum absolute atomic E-state index is 0.327. The van der Waals surface area contributed by atoms with Gasteiger partial charge in [-0.1, -0.05) is 48.5 Å². The molecular formula is C23H18N4O2. The minimum Gasteiger partial charge on any atom is -0.478 e. The van der Waals surface area contributed by atoms with Gasteiger partial charge >= 0.3 is 5.97 Å². The molecule has 4 rings (SSSR count). The largest absolute Gasteiger partial charge is 0.478 e. The first-order valence-corrected chi connectivity index (χ1v) is 9.12. The van der Waals surface area contributed by atoms with Gasteiger partial charge in [-0.25, -0.2) is 14.8 Å². The maximum atomic E-state index is 10.9. The highest BCUT2D eigenvalue weighted by atomic mass is 16.4. The van der Waals surface area contributed by atoms with Crippen molar-refractivity contribution in [1.82, 2.24) is 15.0 Å². The second-order valence-corrected chi connectivity index (χ2v) is 6.34. The van der Waals surface area contributed by atoms with Crippen molar-refractivity contribution in [2.75, 3.05) is 5.32 Å². The molecule has 142 valence electrons. The molecule has 0 radical (unpaired) electrons. The molecular weight excluding hydrogens is 364 g/mol. The first kappa shape index (κ1) is 18.3. The van der Waals surface area contributed by atoms with E-state index in [0.29, 0.717) is 18.2 Å². The molecule has 0 spiro atoms. The summed E-state index contributed by atoms with van der Waals surface area (Å²) in [7, 11) is 0. The summed E-state index contributed by atoms with van der Waals surface area (Å²) < 4.78 is 0. The molecule has 0 saturated carbocycles. The summed E-state index contributed by atoms with van der Waals surface area (Å²) in [6, 6.07) is 21.6. The van der Waals surface area contributed by atoms with E-state index < -0.39 is 5.97 Å². The number of carbonyl (C=O) groups is 1. The number of carboxylic acids is 1. The molecule has 0 aliphatic carbocycles. The highest BCUT2D eigenvalue weighted by Crippen LogP contribution is 2.32. The van der Waals surface area contributed by atoms with Crippen LogP contribution in [0.25, 0.3) is 28.1 Å². The Hall–Kier alpha value is -4.06. The number of carboxylic acid groups (broad SMARTS) is 1. The number of anilines is 1. The summed E-state index contributed by atoms with van der Waals surface area (Å²) in [4.78, 5) is 24.3. The number of nitrogens with one attached hydrogen (secondary N) is 1. The molecule has 0 aliphatic heterocycles. The van der Waals surface area contributed by atoms with Crippen molar-refractivity contribution in [3.05, 3.63) is 90.5 Å². The van der Waals surface area contributed by atoms with E-state index in [1.54, 1.807) is 6.20 Å². The summed E-state index contributed by atoms with van der Waals surface area (Å²) in [5.74, 6) is -0.0893. The lowest BCUT2D eigenvalue weighted by Gasteiger charge is -2.13. The molecule has 0 atom stereocenters. The molecule has 6 nitrogen and oxygen atoms in total. The zero-order valence-corrected chi connectivity index (χ0v) is 15.5. The van der Waals surface area contributed by atoms with Crippen LogP contribution in [0.1, 0.15) is 11.5 Å². The standard InChI is InChI=1S/C23H18N4O2/c28-21(29)13-12-20-26-19-11-6-10-18(16-7-2-1-3-8-16)22(19)23(27-20)25-15-17-9-4-5-14-24-17/h1-14H,15H2,(H,28,29)(H,25,26,27)/b13-12+. The molecule has 2 aromatic carbocycles. The highest BCUT2D eigenvalue weighted by molar-refractivity contribution is 6.02. The first-order chi connectivity index (χ1) is 14.2. The van der Waals surface area contributed by atoms with Crippen molar-refractivity contribution >= 4 is 28.8 Å². The fourth-order valence-corrected chi connectivity index (χ4v) is 3.08. The normalized spacial score (nSPS) is 11.0. The fourth-order valence-electron chi connectivity index (χ4n) is 3.08. The lowest BCUT2D eigenvalue weighted by atomic mass is 10.0. The van der Waals surface area contributed by atoms with Crippen LogP contribution >= 0.6 is 0 Å². The van der Waals surface area contributed by atoms with E-state index in [1.165, 1.54) is 6.08 Å². The Kier molecular flexibility index (Phi) is 5.25. The maximum Gasteiger partial charge on any atom is 0.328 e. The van der Waals surface area contributed by atoms with Gasteiger partial charge in [0.2, 0.25) is 0 Å². The molecule has 0 fully saturated rings. The monoisotopic (exact) mass is 382 g/mol. The van der Waals surface area contributed by atoms with Crippen LogP contribution < -0.4 is 5.32 Å². The molecule has 6 heteroatoms. The average molecular weight is 382 g/mol. The summed E-state index contributed by atoms with van der Waals surface area (Å²) >= 11 is 0. The van der Waals surface area contributed by atoms with Crippen LogP contribution in [0, 0.1) is 0 Å². The van der Waals surface area contributed by atoms with E-state index in [0.717, 1.165) is 33.8 Å². The summed E-state index contributed by atoms with van der Waals surface area (Å²) in [5, 5.41) is 13.2. The zero-order valence-electron chi connectivity index (χ0n) is 15.5. The van der Waals surface area contributed by atoms with Gasteiger partial charge in [0, 0.05) is 12.3 Å².